The number of carbonyl (C=O) groups is 1. The number of rotatable bonds is 5. The van der Waals surface area contributed by atoms with Crippen molar-refractivity contribution in [2.75, 3.05) is 13.3 Å². The van der Waals surface area contributed by atoms with E-state index in [2.05, 4.69) is 10.5 Å². The van der Waals surface area contributed by atoms with Gasteiger partial charge in [-0.3, -0.25) is 4.79 Å². The lowest BCUT2D eigenvalue weighted by molar-refractivity contribution is -0.0172. The number of aryl methyl sites for hydroxylation is 1. The Hall–Kier alpha value is -2.97. The molecule has 0 atom stereocenters. The third-order valence-corrected chi connectivity index (χ3v) is 5.04. The summed E-state index contributed by atoms with van der Waals surface area (Å²) in [6, 6.07) is 6.92. The molecule has 0 unspecified atom stereocenters. The Morgan fingerprint density at radius 1 is 1.30 bits per heavy atom. The number of hydrogen-bond acceptors (Lipinski definition) is 5. The first-order valence-electron chi connectivity index (χ1n) is 9.16. The molecule has 4 rings (SSSR count). The highest BCUT2D eigenvalue weighted by molar-refractivity contribution is 6.33. The molecule has 156 valence electrons. The van der Waals surface area contributed by atoms with Crippen molar-refractivity contribution >= 4 is 17.5 Å². The van der Waals surface area contributed by atoms with E-state index in [-0.39, 0.29) is 47.5 Å². The molecule has 0 saturated heterocycles. The van der Waals surface area contributed by atoms with Crippen molar-refractivity contribution < 1.29 is 27.6 Å². The van der Waals surface area contributed by atoms with E-state index in [9.17, 15) is 13.6 Å². The average Bonchev–Trinajstić information content (AvgIpc) is 3.08. The molecule has 1 amide bonds. The molecule has 6 nitrogen and oxygen atoms in total. The maximum absolute atomic E-state index is 14.3. The van der Waals surface area contributed by atoms with E-state index >= 15 is 0 Å². The Kier molecular flexibility index (Phi) is 5.69. The minimum absolute atomic E-state index is 0.00577. The quantitative estimate of drug-likeness (QED) is 0.643. The van der Waals surface area contributed by atoms with Crippen LogP contribution in [0.2, 0.25) is 5.02 Å². The summed E-state index contributed by atoms with van der Waals surface area (Å²) >= 11 is 6.10. The zero-order valence-electron chi connectivity index (χ0n) is 15.9. The summed E-state index contributed by atoms with van der Waals surface area (Å²) in [7, 11) is 0. The first kappa shape index (κ1) is 20.3. The summed E-state index contributed by atoms with van der Waals surface area (Å²) < 4.78 is 43.9. The van der Waals surface area contributed by atoms with Gasteiger partial charge in [0.1, 0.15) is 34.4 Å². The predicted octanol–water partition coefficient (Wildman–Crippen LogP) is 4.42. The van der Waals surface area contributed by atoms with Crippen LogP contribution in [0.25, 0.3) is 11.3 Å². The summed E-state index contributed by atoms with van der Waals surface area (Å²) in [6.45, 7) is 2.09. The standard InChI is InChI=1S/C21H17ClF2N2O4/c1-11-17(19(26-30-11)18-15(22)3-2-4-16(18)24)21(27)25-6-5-12-7-14(23)8-13-9-28-10-29-20(12)13/h2-4,7-8H,5-6,9-10H2,1H3,(H,25,27). The average molecular weight is 435 g/mol. The highest BCUT2D eigenvalue weighted by atomic mass is 35.5. The van der Waals surface area contributed by atoms with Gasteiger partial charge in [-0.25, -0.2) is 8.78 Å². The molecule has 1 N–H and O–H groups in total. The number of fused-ring (bicyclic) bond motifs is 1. The van der Waals surface area contributed by atoms with E-state index in [1.165, 1.54) is 30.3 Å². The van der Waals surface area contributed by atoms with Crippen molar-refractivity contribution in [3.05, 3.63) is 69.4 Å². The van der Waals surface area contributed by atoms with E-state index in [0.29, 0.717) is 23.3 Å². The first-order chi connectivity index (χ1) is 14.5. The number of amides is 1. The monoisotopic (exact) mass is 434 g/mol. The third-order valence-electron chi connectivity index (χ3n) is 4.72. The Balaban J connectivity index is 1.53. The number of hydrogen-bond donors (Lipinski definition) is 1. The molecule has 9 heteroatoms. The van der Waals surface area contributed by atoms with Crippen molar-refractivity contribution in [2.24, 2.45) is 0 Å². The minimum atomic E-state index is -0.615. The smallest absolute Gasteiger partial charge is 0.257 e. The van der Waals surface area contributed by atoms with Crippen molar-refractivity contribution in [3.63, 3.8) is 0 Å². The number of nitrogens with one attached hydrogen (secondary N) is 1. The number of benzene rings is 2. The Bertz CT molecular complexity index is 1100. The van der Waals surface area contributed by atoms with Crippen LogP contribution >= 0.6 is 11.6 Å². The molecule has 0 bridgehead atoms. The normalized spacial score (nSPS) is 12.9. The number of halogens is 3. The van der Waals surface area contributed by atoms with Gasteiger partial charge in [0.25, 0.3) is 5.91 Å². The topological polar surface area (TPSA) is 73.6 Å². The van der Waals surface area contributed by atoms with Gasteiger partial charge in [0.05, 0.1) is 17.2 Å². The number of ether oxygens (including phenoxy) is 2. The number of carbonyl (C=O) groups excluding carboxylic acids is 1. The van der Waals surface area contributed by atoms with Crippen LogP contribution in [-0.2, 0) is 17.8 Å². The lowest BCUT2D eigenvalue weighted by atomic mass is 10.0. The van der Waals surface area contributed by atoms with E-state index in [0.717, 1.165) is 0 Å². The second-order valence-corrected chi connectivity index (χ2v) is 7.14. The van der Waals surface area contributed by atoms with Gasteiger partial charge in [0.2, 0.25) is 0 Å². The van der Waals surface area contributed by atoms with Gasteiger partial charge in [0, 0.05) is 12.1 Å². The van der Waals surface area contributed by atoms with E-state index in [1.54, 1.807) is 6.92 Å². The maximum atomic E-state index is 14.3. The summed E-state index contributed by atoms with van der Waals surface area (Å²) in [5.41, 5.74) is 1.35. The van der Waals surface area contributed by atoms with Gasteiger partial charge in [0.15, 0.2) is 6.79 Å². The van der Waals surface area contributed by atoms with Crippen LogP contribution in [0, 0.1) is 18.6 Å². The van der Waals surface area contributed by atoms with Crippen molar-refractivity contribution in [2.45, 2.75) is 20.0 Å². The highest BCUT2D eigenvalue weighted by Gasteiger charge is 2.25. The fourth-order valence-corrected chi connectivity index (χ4v) is 3.63. The molecule has 0 radical (unpaired) electrons. The molecule has 30 heavy (non-hydrogen) atoms. The third kappa shape index (κ3) is 3.88. The van der Waals surface area contributed by atoms with Crippen LogP contribution in [-0.4, -0.2) is 24.4 Å². The SMILES string of the molecule is Cc1onc(-c2c(F)cccc2Cl)c1C(=O)NCCc1cc(F)cc2c1OCOC2. The Morgan fingerprint density at radius 2 is 2.13 bits per heavy atom. The zero-order chi connectivity index (χ0) is 21.3. The molecular formula is C21H17ClF2N2O4. The van der Waals surface area contributed by atoms with Gasteiger partial charge in [-0.1, -0.05) is 22.8 Å². The molecule has 0 fully saturated rings. The molecule has 1 aliphatic rings. The molecule has 0 aliphatic carbocycles. The summed E-state index contributed by atoms with van der Waals surface area (Å²) in [5.74, 6) is -0.731. The molecular weight excluding hydrogens is 418 g/mol. The summed E-state index contributed by atoms with van der Waals surface area (Å²) in [5, 5.41) is 6.67. The second kappa shape index (κ2) is 8.41. The summed E-state index contributed by atoms with van der Waals surface area (Å²) in [6.07, 6.45) is 0.325. The molecule has 1 aliphatic heterocycles. The first-order valence-corrected chi connectivity index (χ1v) is 9.54. The summed E-state index contributed by atoms with van der Waals surface area (Å²) in [4.78, 5) is 12.8. The fourth-order valence-electron chi connectivity index (χ4n) is 3.38. The lowest BCUT2D eigenvalue weighted by Gasteiger charge is -2.21. The van der Waals surface area contributed by atoms with Crippen LogP contribution in [0.4, 0.5) is 8.78 Å². The van der Waals surface area contributed by atoms with E-state index in [1.807, 2.05) is 0 Å². The maximum Gasteiger partial charge on any atom is 0.257 e. The largest absolute Gasteiger partial charge is 0.467 e. The Morgan fingerprint density at radius 3 is 2.93 bits per heavy atom. The van der Waals surface area contributed by atoms with Gasteiger partial charge in [-0.2, -0.15) is 0 Å². The number of aromatic nitrogens is 1. The molecule has 2 aromatic carbocycles. The van der Waals surface area contributed by atoms with Crippen LogP contribution in [0.15, 0.2) is 34.9 Å². The van der Waals surface area contributed by atoms with Crippen molar-refractivity contribution in [1.82, 2.24) is 10.5 Å². The molecule has 0 spiro atoms. The lowest BCUT2D eigenvalue weighted by Crippen LogP contribution is -2.27. The fraction of sp³-hybridized carbons (Fsp3) is 0.238. The second-order valence-electron chi connectivity index (χ2n) is 6.73. The molecule has 1 aromatic heterocycles. The number of nitrogens with zero attached hydrogens (tertiary/aromatic N) is 1. The molecule has 3 aromatic rings. The van der Waals surface area contributed by atoms with Crippen molar-refractivity contribution in [3.8, 4) is 17.0 Å². The van der Waals surface area contributed by atoms with Gasteiger partial charge in [-0.05, 0) is 43.2 Å². The predicted molar refractivity (Wildman–Crippen MR) is 104 cm³/mol. The van der Waals surface area contributed by atoms with E-state index < -0.39 is 17.5 Å². The van der Waals surface area contributed by atoms with Crippen LogP contribution < -0.4 is 10.1 Å². The Labute approximate surface area is 175 Å². The molecule has 0 saturated carbocycles. The van der Waals surface area contributed by atoms with Crippen molar-refractivity contribution in [1.29, 1.82) is 0 Å². The minimum Gasteiger partial charge on any atom is -0.467 e. The van der Waals surface area contributed by atoms with Gasteiger partial charge >= 0.3 is 0 Å². The van der Waals surface area contributed by atoms with E-state index in [4.69, 9.17) is 25.6 Å². The van der Waals surface area contributed by atoms with Crippen LogP contribution in [0.3, 0.4) is 0 Å². The van der Waals surface area contributed by atoms with Gasteiger partial charge < -0.3 is 19.3 Å². The van der Waals surface area contributed by atoms with Gasteiger partial charge in [-0.15, -0.1) is 0 Å². The highest BCUT2D eigenvalue weighted by Crippen LogP contribution is 2.33. The van der Waals surface area contributed by atoms with Crippen LogP contribution in [0.1, 0.15) is 27.2 Å². The molecule has 2 heterocycles. The van der Waals surface area contributed by atoms with Crippen LogP contribution in [0.5, 0.6) is 5.75 Å². The zero-order valence-corrected chi connectivity index (χ0v) is 16.7.